The van der Waals surface area contributed by atoms with Crippen molar-refractivity contribution in [3.05, 3.63) is 41.4 Å². The number of aliphatic carboxylic acids is 1. The van der Waals surface area contributed by atoms with Crippen molar-refractivity contribution < 1.29 is 9.90 Å². The largest absolute Gasteiger partial charge is 0.481 e. The molecule has 33 heavy (non-hydrogen) atoms. The molecule has 0 spiro atoms. The van der Waals surface area contributed by atoms with Crippen LogP contribution in [0.3, 0.4) is 0 Å². The van der Waals surface area contributed by atoms with E-state index in [-0.39, 0.29) is 11.3 Å². The van der Waals surface area contributed by atoms with Crippen LogP contribution in [0.15, 0.2) is 35.7 Å². The first-order chi connectivity index (χ1) is 15.9. The Bertz CT molecular complexity index is 1130. The van der Waals surface area contributed by atoms with Crippen molar-refractivity contribution in [1.29, 1.82) is 0 Å². The normalized spacial score (nSPS) is 24.2. The number of thiophene rings is 1. The van der Waals surface area contributed by atoms with Gasteiger partial charge in [0.2, 0.25) is 0 Å². The van der Waals surface area contributed by atoms with E-state index in [1.54, 1.807) is 11.3 Å². The lowest BCUT2D eigenvalue weighted by Gasteiger charge is -2.47. The quantitative estimate of drug-likeness (QED) is 0.490. The number of fused-ring (bicyclic) bond motifs is 2. The van der Waals surface area contributed by atoms with E-state index in [1.165, 1.54) is 27.0 Å². The molecule has 0 amide bonds. The zero-order valence-corrected chi connectivity index (χ0v) is 20.8. The third-order valence-corrected chi connectivity index (χ3v) is 9.03. The molecule has 6 heteroatoms. The molecule has 176 valence electrons. The number of hydrogen-bond acceptors (Lipinski definition) is 4. The van der Waals surface area contributed by atoms with Gasteiger partial charge >= 0.3 is 5.97 Å². The minimum atomic E-state index is -0.590. The summed E-state index contributed by atoms with van der Waals surface area (Å²) in [5, 5.41) is 18.2. The molecule has 3 aromatic rings. The maximum atomic E-state index is 11.8. The van der Waals surface area contributed by atoms with Crippen LogP contribution >= 0.6 is 11.3 Å². The van der Waals surface area contributed by atoms with Gasteiger partial charge in [-0.25, -0.2) is 0 Å². The molecule has 2 aromatic heterocycles. The summed E-state index contributed by atoms with van der Waals surface area (Å²) in [5.41, 5.74) is 3.54. The number of likely N-dealkylation sites (tertiary alicyclic amines) is 1. The number of carboxylic acids is 1. The van der Waals surface area contributed by atoms with Crippen molar-refractivity contribution in [2.75, 3.05) is 13.1 Å². The molecule has 0 bridgehead atoms. The lowest BCUT2D eigenvalue weighted by Crippen LogP contribution is -2.51. The van der Waals surface area contributed by atoms with Gasteiger partial charge in [-0.2, -0.15) is 5.10 Å². The zero-order chi connectivity index (χ0) is 23.2. The van der Waals surface area contributed by atoms with Crippen molar-refractivity contribution in [1.82, 2.24) is 14.7 Å². The fourth-order valence-corrected chi connectivity index (χ4v) is 7.09. The summed E-state index contributed by atoms with van der Waals surface area (Å²) in [6.07, 6.45) is 6.22. The Labute approximate surface area is 200 Å². The van der Waals surface area contributed by atoms with E-state index in [0.29, 0.717) is 12.0 Å². The highest BCUT2D eigenvalue weighted by molar-refractivity contribution is 7.13. The third-order valence-electron chi connectivity index (χ3n) is 8.12. The predicted octanol–water partition coefficient (Wildman–Crippen LogP) is 5.93. The molecule has 5 nitrogen and oxygen atoms in total. The summed E-state index contributed by atoms with van der Waals surface area (Å²) in [6, 6.07) is 11.2. The fourth-order valence-electron chi connectivity index (χ4n) is 6.34. The minimum Gasteiger partial charge on any atom is -0.481 e. The third kappa shape index (κ3) is 4.12. The minimum absolute atomic E-state index is 0.0827. The summed E-state index contributed by atoms with van der Waals surface area (Å²) < 4.78 is 2.03. The van der Waals surface area contributed by atoms with E-state index in [2.05, 4.69) is 54.5 Å². The number of hydrogen-bond donors (Lipinski definition) is 1. The van der Waals surface area contributed by atoms with E-state index < -0.39 is 5.97 Å². The first-order valence-corrected chi connectivity index (χ1v) is 13.2. The van der Waals surface area contributed by atoms with Gasteiger partial charge in [0.15, 0.2) is 0 Å². The van der Waals surface area contributed by atoms with Crippen LogP contribution in [-0.2, 0) is 17.3 Å². The summed E-state index contributed by atoms with van der Waals surface area (Å²) in [4.78, 5) is 15.7. The Morgan fingerprint density at radius 3 is 2.79 bits per heavy atom. The maximum Gasteiger partial charge on any atom is 0.306 e. The molecular formula is C27H35N3O2S. The van der Waals surface area contributed by atoms with Gasteiger partial charge in [-0.15, -0.1) is 11.3 Å². The standard InChI is InChI=1S/C27H35N3O2S/c1-27(2,14-16-30-15-6-10-18-19(26(31)32)8-4-11-21(18)30)25-24-20(23-13-7-17-33-23)9-5-12-22(24)29(3)28-25/h5,7,9,12-13,17-19,21H,4,6,8,10-11,14-16H2,1-3H3,(H,31,32). The topological polar surface area (TPSA) is 58.4 Å². The van der Waals surface area contributed by atoms with Gasteiger partial charge in [0.1, 0.15) is 0 Å². The number of nitrogens with zero attached hydrogens (tertiary/aromatic N) is 3. The second-order valence-electron chi connectivity index (χ2n) is 10.6. The Morgan fingerprint density at radius 1 is 1.18 bits per heavy atom. The predicted molar refractivity (Wildman–Crippen MR) is 135 cm³/mol. The monoisotopic (exact) mass is 465 g/mol. The first-order valence-electron chi connectivity index (χ1n) is 12.3. The fraction of sp³-hybridized carbons (Fsp3) is 0.556. The molecule has 0 radical (unpaired) electrons. The number of carboxylic acid groups (broad SMARTS) is 1. The van der Waals surface area contributed by atoms with E-state index in [0.717, 1.165) is 51.6 Å². The van der Waals surface area contributed by atoms with Gasteiger partial charge in [-0.05, 0) is 68.6 Å². The van der Waals surface area contributed by atoms with Crippen molar-refractivity contribution in [2.24, 2.45) is 18.9 Å². The Balaban J connectivity index is 1.41. The van der Waals surface area contributed by atoms with Crippen LogP contribution in [0.5, 0.6) is 0 Å². The van der Waals surface area contributed by atoms with Gasteiger partial charge in [-0.3, -0.25) is 9.48 Å². The van der Waals surface area contributed by atoms with E-state index in [9.17, 15) is 9.90 Å². The van der Waals surface area contributed by atoms with Gasteiger partial charge in [-0.1, -0.05) is 38.5 Å². The van der Waals surface area contributed by atoms with Gasteiger partial charge in [0.25, 0.3) is 0 Å². The molecule has 1 aliphatic heterocycles. The summed E-state index contributed by atoms with van der Waals surface area (Å²) in [5.74, 6) is -0.435. The summed E-state index contributed by atoms with van der Waals surface area (Å²) >= 11 is 1.78. The number of carbonyl (C=O) groups is 1. The van der Waals surface area contributed by atoms with Gasteiger partial charge in [0, 0.05) is 34.3 Å². The Morgan fingerprint density at radius 2 is 2.03 bits per heavy atom. The lowest BCUT2D eigenvalue weighted by atomic mass is 9.71. The molecule has 1 saturated carbocycles. The highest BCUT2D eigenvalue weighted by Gasteiger charge is 2.42. The molecule has 5 rings (SSSR count). The van der Waals surface area contributed by atoms with Crippen LogP contribution in [0.1, 0.15) is 58.1 Å². The van der Waals surface area contributed by atoms with Crippen molar-refractivity contribution in [2.45, 2.75) is 63.8 Å². The SMILES string of the molecule is Cn1nc(C(C)(C)CCN2CCCC3C(C(=O)O)CCCC32)c2c(-c3cccs3)cccc21. The molecule has 3 atom stereocenters. The second kappa shape index (κ2) is 8.88. The van der Waals surface area contributed by atoms with Crippen LogP contribution in [-0.4, -0.2) is 44.9 Å². The average molecular weight is 466 g/mol. The van der Waals surface area contributed by atoms with Gasteiger partial charge < -0.3 is 10.0 Å². The molecule has 1 saturated heterocycles. The number of aryl methyl sites for hydroxylation is 1. The molecule has 3 unspecified atom stereocenters. The number of aromatic nitrogens is 2. The van der Waals surface area contributed by atoms with E-state index >= 15 is 0 Å². The summed E-state index contributed by atoms with van der Waals surface area (Å²) in [6.45, 7) is 6.73. The highest BCUT2D eigenvalue weighted by Crippen LogP contribution is 2.42. The number of benzene rings is 1. The van der Waals surface area contributed by atoms with Crippen molar-refractivity contribution >= 4 is 28.2 Å². The zero-order valence-electron chi connectivity index (χ0n) is 20.0. The number of piperidine rings is 1. The molecule has 1 aromatic carbocycles. The smallest absolute Gasteiger partial charge is 0.306 e. The van der Waals surface area contributed by atoms with E-state index in [4.69, 9.17) is 5.10 Å². The molecule has 1 N–H and O–H groups in total. The van der Waals surface area contributed by atoms with E-state index in [1.807, 2.05) is 11.7 Å². The molecule has 2 fully saturated rings. The number of rotatable bonds is 6. The summed E-state index contributed by atoms with van der Waals surface area (Å²) in [7, 11) is 2.05. The lowest BCUT2D eigenvalue weighted by molar-refractivity contribution is -0.147. The van der Waals surface area contributed by atoms with Crippen molar-refractivity contribution in [3.63, 3.8) is 0 Å². The van der Waals surface area contributed by atoms with Crippen LogP contribution < -0.4 is 0 Å². The molecule has 1 aliphatic carbocycles. The average Bonchev–Trinajstić information content (AvgIpc) is 3.46. The molecule has 2 aliphatic rings. The van der Waals surface area contributed by atoms with Crippen LogP contribution in [0.2, 0.25) is 0 Å². The Hall–Kier alpha value is -2.18. The first kappa shape index (κ1) is 22.6. The maximum absolute atomic E-state index is 11.8. The van der Waals surface area contributed by atoms with Crippen LogP contribution in [0.25, 0.3) is 21.3 Å². The molecular weight excluding hydrogens is 430 g/mol. The van der Waals surface area contributed by atoms with Gasteiger partial charge in [0.05, 0.1) is 17.1 Å². The molecule has 3 heterocycles. The van der Waals surface area contributed by atoms with Crippen molar-refractivity contribution in [3.8, 4) is 10.4 Å². The Kier molecular flexibility index (Phi) is 6.08. The second-order valence-corrected chi connectivity index (χ2v) is 11.5. The highest BCUT2D eigenvalue weighted by atomic mass is 32.1. The van der Waals surface area contributed by atoms with Crippen LogP contribution in [0.4, 0.5) is 0 Å². The van der Waals surface area contributed by atoms with Crippen LogP contribution in [0, 0.1) is 11.8 Å².